The average Bonchev–Trinajstić information content (AvgIpc) is 3.41. The molecule has 0 saturated carbocycles. The highest BCUT2D eigenvalue weighted by Gasteiger charge is 2.31. The predicted octanol–water partition coefficient (Wildman–Crippen LogP) is 3.72. The van der Waals surface area contributed by atoms with Gasteiger partial charge in [0, 0.05) is 87.7 Å². The molecular formula is C34H41F3N6O4. The molecule has 3 aliphatic heterocycles. The Hall–Kier alpha value is -4.26. The number of piperazine rings is 1. The molecule has 3 heterocycles. The Morgan fingerprint density at radius 2 is 1.60 bits per heavy atom. The molecule has 2 aromatic rings. The number of carbonyl (C=O) groups is 4. The van der Waals surface area contributed by atoms with Crippen molar-refractivity contribution in [1.82, 2.24) is 20.0 Å². The minimum Gasteiger partial charge on any atom is -0.371 e. The number of rotatable bonds is 7. The Bertz CT molecular complexity index is 1470. The van der Waals surface area contributed by atoms with Gasteiger partial charge >= 0.3 is 6.18 Å². The quantitative estimate of drug-likeness (QED) is 0.457. The minimum atomic E-state index is -4.56. The van der Waals surface area contributed by atoms with Crippen LogP contribution in [0.15, 0.2) is 53.5 Å². The number of nitrogens with zero attached hydrogens (tertiary/aromatic N) is 5. The van der Waals surface area contributed by atoms with Gasteiger partial charge in [0.2, 0.25) is 5.91 Å². The Balaban J connectivity index is 1.05. The van der Waals surface area contributed by atoms with Crippen molar-refractivity contribution in [2.75, 3.05) is 63.8 Å². The van der Waals surface area contributed by atoms with Gasteiger partial charge in [-0.3, -0.25) is 24.1 Å². The highest BCUT2D eigenvalue weighted by atomic mass is 19.4. The molecule has 2 atom stereocenters. The van der Waals surface area contributed by atoms with E-state index in [9.17, 15) is 32.3 Å². The number of carbonyl (C=O) groups excluding carboxylic acids is 4. The van der Waals surface area contributed by atoms with E-state index in [1.807, 2.05) is 24.3 Å². The van der Waals surface area contributed by atoms with Gasteiger partial charge < -0.3 is 20.0 Å². The summed E-state index contributed by atoms with van der Waals surface area (Å²) in [6, 6.07) is 12.3. The Morgan fingerprint density at radius 3 is 2.30 bits per heavy atom. The van der Waals surface area contributed by atoms with Crippen molar-refractivity contribution in [3.63, 3.8) is 0 Å². The molecule has 0 bridgehead atoms. The van der Waals surface area contributed by atoms with Crippen LogP contribution >= 0.6 is 0 Å². The minimum absolute atomic E-state index is 0.00981. The van der Waals surface area contributed by atoms with E-state index < -0.39 is 30.1 Å². The molecule has 3 aliphatic rings. The summed E-state index contributed by atoms with van der Waals surface area (Å²) in [5, 5.41) is 2.35. The first-order valence-corrected chi connectivity index (χ1v) is 16.1. The molecule has 0 aliphatic carbocycles. The molecular weight excluding hydrogens is 613 g/mol. The maximum Gasteiger partial charge on any atom is 0.416 e. The molecule has 13 heteroatoms. The largest absolute Gasteiger partial charge is 0.416 e. The molecule has 2 aromatic carbocycles. The predicted molar refractivity (Wildman–Crippen MR) is 171 cm³/mol. The molecule has 3 fully saturated rings. The molecule has 47 heavy (non-hydrogen) atoms. The first-order chi connectivity index (χ1) is 22.5. The molecule has 1 N–H and O–H groups in total. The average molecular weight is 655 g/mol. The van der Waals surface area contributed by atoms with Crippen molar-refractivity contribution < 1.29 is 32.3 Å². The number of likely N-dealkylation sites (tertiary alicyclic amines) is 1. The molecule has 0 aromatic heterocycles. The number of halogens is 3. The summed E-state index contributed by atoms with van der Waals surface area (Å²) in [7, 11) is 0. The van der Waals surface area contributed by atoms with Crippen LogP contribution in [-0.2, 0) is 15.8 Å². The molecule has 3 saturated heterocycles. The summed E-state index contributed by atoms with van der Waals surface area (Å²) >= 11 is 0. The van der Waals surface area contributed by atoms with Crippen LogP contribution in [0.3, 0.4) is 0 Å². The Labute approximate surface area is 272 Å². The van der Waals surface area contributed by atoms with E-state index in [2.05, 4.69) is 20.1 Å². The zero-order valence-electron chi connectivity index (χ0n) is 26.5. The lowest BCUT2D eigenvalue weighted by Gasteiger charge is -2.34. The first kappa shape index (κ1) is 34.1. The van der Waals surface area contributed by atoms with Gasteiger partial charge in [0.05, 0.1) is 12.1 Å². The Kier molecular flexibility index (Phi) is 10.9. The first-order valence-electron chi connectivity index (χ1n) is 16.1. The van der Waals surface area contributed by atoms with Crippen molar-refractivity contribution in [3.8, 4) is 0 Å². The summed E-state index contributed by atoms with van der Waals surface area (Å²) < 4.78 is 38.8. The monoisotopic (exact) mass is 654 g/mol. The maximum absolute atomic E-state index is 13.0. The highest BCUT2D eigenvalue weighted by Crippen LogP contribution is 2.30. The molecule has 0 radical (unpaired) electrons. The van der Waals surface area contributed by atoms with Crippen LogP contribution in [0, 0.1) is 5.92 Å². The molecule has 252 valence electrons. The van der Waals surface area contributed by atoms with Crippen molar-refractivity contribution in [2.45, 2.75) is 44.8 Å². The van der Waals surface area contributed by atoms with E-state index in [1.165, 1.54) is 6.07 Å². The van der Waals surface area contributed by atoms with Gasteiger partial charge in [-0.05, 0) is 74.7 Å². The van der Waals surface area contributed by atoms with Crippen molar-refractivity contribution in [2.24, 2.45) is 10.9 Å². The van der Waals surface area contributed by atoms with Gasteiger partial charge in [0.1, 0.15) is 0 Å². The van der Waals surface area contributed by atoms with Crippen molar-refractivity contribution >= 4 is 35.5 Å². The summed E-state index contributed by atoms with van der Waals surface area (Å²) in [6.07, 6.45) is 1.02. The van der Waals surface area contributed by atoms with Crippen LogP contribution < -0.4 is 10.2 Å². The number of benzene rings is 2. The number of nitrogens with one attached hydrogen (secondary N) is 1. The molecule has 4 amide bonds. The van der Waals surface area contributed by atoms with Crippen LogP contribution in [-0.4, -0.2) is 109 Å². The van der Waals surface area contributed by atoms with E-state index >= 15 is 0 Å². The van der Waals surface area contributed by atoms with Crippen molar-refractivity contribution in [1.29, 1.82) is 0 Å². The van der Waals surface area contributed by atoms with Crippen LogP contribution in [0.2, 0.25) is 0 Å². The zero-order valence-corrected chi connectivity index (χ0v) is 26.5. The van der Waals surface area contributed by atoms with Crippen molar-refractivity contribution in [3.05, 3.63) is 65.2 Å². The fourth-order valence-corrected chi connectivity index (χ4v) is 6.52. The van der Waals surface area contributed by atoms with Crippen LogP contribution in [0.4, 0.5) is 18.9 Å². The second-order valence-corrected chi connectivity index (χ2v) is 12.4. The fraction of sp³-hybridized carbons (Fsp3) is 0.500. The number of amides is 4. The van der Waals surface area contributed by atoms with Crippen LogP contribution in [0.1, 0.15) is 58.9 Å². The SMILES string of the molecule is CC(=O)N1CCN(C(=O)c2ccc(N3CCCC(N4CCC(C=NC(=O)CNC(=O)c5cccc(C(F)(F)F)c5)C4)CC3)cc2)CC1. The van der Waals surface area contributed by atoms with Gasteiger partial charge in [0.15, 0.2) is 0 Å². The molecule has 5 rings (SSSR count). The molecule has 10 nitrogen and oxygen atoms in total. The third-order valence-corrected chi connectivity index (χ3v) is 9.24. The second-order valence-electron chi connectivity index (χ2n) is 12.4. The molecule has 2 unspecified atom stereocenters. The zero-order chi connectivity index (χ0) is 33.6. The van der Waals surface area contributed by atoms with E-state index in [0.29, 0.717) is 37.8 Å². The third kappa shape index (κ3) is 8.97. The number of hydrogen-bond acceptors (Lipinski definition) is 6. The van der Waals surface area contributed by atoms with Gasteiger partial charge in [-0.25, -0.2) is 4.99 Å². The summed E-state index contributed by atoms with van der Waals surface area (Å²) in [4.78, 5) is 61.5. The maximum atomic E-state index is 13.0. The Morgan fingerprint density at radius 1 is 0.872 bits per heavy atom. The van der Waals surface area contributed by atoms with Crippen LogP contribution in [0.5, 0.6) is 0 Å². The van der Waals surface area contributed by atoms with Gasteiger partial charge in [0.25, 0.3) is 17.7 Å². The smallest absolute Gasteiger partial charge is 0.371 e. The number of alkyl halides is 3. The third-order valence-electron chi connectivity index (χ3n) is 9.24. The lowest BCUT2D eigenvalue weighted by molar-refractivity contribution is -0.137. The fourth-order valence-electron chi connectivity index (χ4n) is 6.52. The van der Waals surface area contributed by atoms with Gasteiger partial charge in [-0.15, -0.1) is 0 Å². The van der Waals surface area contributed by atoms with Crippen LogP contribution in [0.25, 0.3) is 0 Å². The van der Waals surface area contributed by atoms with Gasteiger partial charge in [-0.2, -0.15) is 13.2 Å². The number of hydrogen-bond donors (Lipinski definition) is 1. The van der Waals surface area contributed by atoms with E-state index in [-0.39, 0.29) is 23.3 Å². The topological polar surface area (TPSA) is 106 Å². The number of anilines is 1. The summed E-state index contributed by atoms with van der Waals surface area (Å²) in [5.74, 6) is -1.19. The molecule has 0 spiro atoms. The lowest BCUT2D eigenvalue weighted by Crippen LogP contribution is -2.50. The summed E-state index contributed by atoms with van der Waals surface area (Å²) in [6.45, 7) is 6.87. The highest BCUT2D eigenvalue weighted by molar-refractivity contribution is 5.97. The second kappa shape index (κ2) is 15.1. The summed E-state index contributed by atoms with van der Waals surface area (Å²) in [5.41, 5.74) is 0.643. The normalized spacial score (nSPS) is 21.1. The number of aliphatic imine (C=N–C) groups is 1. The standard InChI is InChI=1S/C34H41F3N6O4/c1-24(44)40-16-18-42(19-17-40)33(47)26-7-9-30(10-8-26)41-13-3-6-29(12-15-41)43-14-11-25(23-43)21-38-31(45)22-39-32(46)27-4-2-5-28(20-27)34(35,36)37/h2,4-5,7-10,20-21,25,29H,3,6,11-19,22-23H2,1H3,(H,39,46). The van der Waals surface area contributed by atoms with Gasteiger partial charge in [-0.1, -0.05) is 6.07 Å². The van der Waals surface area contributed by atoms with E-state index in [4.69, 9.17) is 0 Å². The lowest BCUT2D eigenvalue weighted by atomic mass is 10.1. The van der Waals surface area contributed by atoms with E-state index in [1.54, 1.807) is 22.9 Å². The van der Waals surface area contributed by atoms with E-state index in [0.717, 1.165) is 75.7 Å².